The van der Waals surface area contributed by atoms with Crippen LogP contribution in [0.25, 0.3) is 99.2 Å². The third-order valence-corrected chi connectivity index (χ3v) is 9.88. The number of hydrogen-bond acceptors (Lipinski definition) is 3. The Morgan fingerprint density at radius 2 is 0.820 bits per heavy atom. The van der Waals surface area contributed by atoms with Crippen LogP contribution in [-0.4, -0.2) is 15.0 Å². The monoisotopic (exact) mass is 635 g/mol. The van der Waals surface area contributed by atoms with E-state index in [0.29, 0.717) is 17.5 Å². The molecule has 0 aliphatic carbocycles. The fourth-order valence-corrected chi connectivity index (χ4v) is 7.50. The maximum atomic E-state index is 5.17. The minimum Gasteiger partial charge on any atom is -0.208 e. The van der Waals surface area contributed by atoms with Crippen molar-refractivity contribution in [2.75, 3.05) is 0 Å². The number of aromatic nitrogens is 3. The molecule has 9 aromatic carbocycles. The lowest BCUT2D eigenvalue weighted by atomic mass is 9.89. The summed E-state index contributed by atoms with van der Waals surface area (Å²) in [4.78, 5) is 15.3. The van der Waals surface area contributed by atoms with Crippen molar-refractivity contribution in [3.05, 3.63) is 176 Å². The highest BCUT2D eigenvalue weighted by Crippen LogP contribution is 2.40. The smallest absolute Gasteiger partial charge is 0.164 e. The molecular formula is C47H29N3. The highest BCUT2D eigenvalue weighted by molar-refractivity contribution is 6.20. The van der Waals surface area contributed by atoms with E-state index in [9.17, 15) is 0 Å². The van der Waals surface area contributed by atoms with Crippen LogP contribution in [0.2, 0.25) is 0 Å². The average Bonchev–Trinajstić information content (AvgIpc) is 3.20. The van der Waals surface area contributed by atoms with E-state index >= 15 is 0 Å². The van der Waals surface area contributed by atoms with Gasteiger partial charge in [0.15, 0.2) is 17.5 Å². The summed E-state index contributed by atoms with van der Waals surface area (Å²) in [6.07, 6.45) is 0. The van der Waals surface area contributed by atoms with Crippen LogP contribution < -0.4 is 0 Å². The molecule has 0 spiro atoms. The molecule has 0 radical (unpaired) electrons. The molecule has 3 nitrogen and oxygen atoms in total. The molecule has 10 rings (SSSR count). The van der Waals surface area contributed by atoms with E-state index in [4.69, 9.17) is 15.0 Å². The lowest BCUT2D eigenvalue weighted by molar-refractivity contribution is 1.08. The quantitative estimate of drug-likeness (QED) is 0.143. The molecule has 0 bridgehead atoms. The zero-order valence-corrected chi connectivity index (χ0v) is 27.1. The average molecular weight is 636 g/mol. The van der Waals surface area contributed by atoms with E-state index in [-0.39, 0.29) is 0 Å². The van der Waals surface area contributed by atoms with Crippen molar-refractivity contribution in [2.24, 2.45) is 0 Å². The van der Waals surface area contributed by atoms with E-state index in [1.165, 1.54) is 48.7 Å². The number of fused-ring (bicyclic) bond motifs is 7. The van der Waals surface area contributed by atoms with Gasteiger partial charge in [-0.2, -0.15) is 0 Å². The fraction of sp³-hybridized carbons (Fsp3) is 0. The van der Waals surface area contributed by atoms with Crippen LogP contribution >= 0.6 is 0 Å². The van der Waals surface area contributed by atoms with Crippen molar-refractivity contribution < 1.29 is 0 Å². The van der Waals surface area contributed by atoms with Crippen molar-refractivity contribution in [3.8, 4) is 45.3 Å². The molecule has 1 heterocycles. The predicted molar refractivity (Wildman–Crippen MR) is 209 cm³/mol. The molecule has 0 fully saturated rings. The normalized spacial score (nSPS) is 11.6. The third kappa shape index (κ3) is 4.63. The second-order valence-corrected chi connectivity index (χ2v) is 12.8. The van der Waals surface area contributed by atoms with Gasteiger partial charge in [-0.3, -0.25) is 0 Å². The Labute approximate surface area is 289 Å². The Kier molecular flexibility index (Phi) is 6.49. The summed E-state index contributed by atoms with van der Waals surface area (Å²) in [5.74, 6) is 1.96. The highest BCUT2D eigenvalue weighted by Gasteiger charge is 2.17. The summed E-state index contributed by atoms with van der Waals surface area (Å²) in [5, 5.41) is 12.2. The summed E-state index contributed by atoms with van der Waals surface area (Å²) >= 11 is 0. The van der Waals surface area contributed by atoms with Crippen LogP contribution in [0.3, 0.4) is 0 Å². The SMILES string of the molecule is c1ccc(-c2nc(-c3ccc(-c4c5ccccc5cc5c4ccc4ccccc45)cc3)nc(-c3cccc4ccc5ccccc5c34)n2)cc1. The molecule has 10 aromatic rings. The standard InChI is InChI=1S/C47H29N3/c1-2-13-34(14-3-1)45-48-46(50-47(49-45)41-20-10-16-32-22-21-31-12-5-8-18-38(31)44(32)41)35-25-23-33(24-26-35)43-39-19-9-6-15-36(39)29-42-37-17-7-4-11-30(37)27-28-40(42)43/h1-29H. The van der Waals surface area contributed by atoms with E-state index in [1.807, 2.05) is 18.2 Å². The second kappa shape index (κ2) is 11.5. The lowest BCUT2D eigenvalue weighted by Crippen LogP contribution is -2.00. The van der Waals surface area contributed by atoms with E-state index in [2.05, 4.69) is 158 Å². The third-order valence-electron chi connectivity index (χ3n) is 9.88. The molecule has 0 amide bonds. The van der Waals surface area contributed by atoms with Crippen molar-refractivity contribution in [1.29, 1.82) is 0 Å². The zero-order valence-electron chi connectivity index (χ0n) is 27.1. The Hall–Kier alpha value is -6.71. The Morgan fingerprint density at radius 3 is 1.60 bits per heavy atom. The number of benzene rings is 9. The van der Waals surface area contributed by atoms with Gasteiger partial charge in [-0.15, -0.1) is 0 Å². The molecule has 0 saturated carbocycles. The Morgan fingerprint density at radius 1 is 0.280 bits per heavy atom. The topological polar surface area (TPSA) is 38.7 Å². The van der Waals surface area contributed by atoms with Crippen LogP contribution in [0, 0.1) is 0 Å². The molecule has 232 valence electrons. The number of nitrogens with zero attached hydrogens (tertiary/aromatic N) is 3. The molecule has 1 aromatic heterocycles. The molecule has 50 heavy (non-hydrogen) atoms. The van der Waals surface area contributed by atoms with Gasteiger partial charge in [-0.05, 0) is 65.7 Å². The predicted octanol–water partition coefficient (Wildman–Crippen LogP) is 12.3. The first-order valence-corrected chi connectivity index (χ1v) is 16.9. The summed E-state index contributed by atoms with van der Waals surface area (Å²) in [6, 6.07) is 62.3. The Bertz CT molecular complexity index is 2910. The lowest BCUT2D eigenvalue weighted by Gasteiger charge is -2.15. The Balaban J connectivity index is 1.17. The van der Waals surface area contributed by atoms with Crippen molar-refractivity contribution in [3.63, 3.8) is 0 Å². The van der Waals surface area contributed by atoms with Crippen LogP contribution in [0.1, 0.15) is 0 Å². The molecular weight excluding hydrogens is 607 g/mol. The molecule has 0 aliphatic rings. The molecule has 0 atom stereocenters. The first-order chi connectivity index (χ1) is 24.8. The van der Waals surface area contributed by atoms with Gasteiger partial charge in [0.2, 0.25) is 0 Å². The van der Waals surface area contributed by atoms with E-state index in [1.54, 1.807) is 0 Å². The minimum absolute atomic E-state index is 0.645. The minimum atomic E-state index is 0.645. The summed E-state index contributed by atoms with van der Waals surface area (Å²) in [5.41, 5.74) is 5.28. The first kappa shape index (κ1) is 28.3. The number of hydrogen-bond donors (Lipinski definition) is 0. The van der Waals surface area contributed by atoms with Crippen LogP contribution in [-0.2, 0) is 0 Å². The van der Waals surface area contributed by atoms with Crippen molar-refractivity contribution in [2.45, 2.75) is 0 Å². The highest BCUT2D eigenvalue weighted by atomic mass is 15.0. The summed E-state index contributed by atoms with van der Waals surface area (Å²) < 4.78 is 0. The van der Waals surface area contributed by atoms with Gasteiger partial charge >= 0.3 is 0 Å². The second-order valence-electron chi connectivity index (χ2n) is 12.8. The van der Waals surface area contributed by atoms with Crippen LogP contribution in [0.15, 0.2) is 176 Å². The first-order valence-electron chi connectivity index (χ1n) is 16.9. The van der Waals surface area contributed by atoms with Crippen LogP contribution in [0.4, 0.5) is 0 Å². The summed E-state index contributed by atoms with van der Waals surface area (Å²) in [7, 11) is 0. The van der Waals surface area contributed by atoms with Gasteiger partial charge < -0.3 is 0 Å². The maximum absolute atomic E-state index is 5.17. The molecule has 0 saturated heterocycles. The molecule has 0 N–H and O–H groups in total. The molecule has 3 heteroatoms. The van der Waals surface area contributed by atoms with E-state index in [0.717, 1.165) is 33.0 Å². The van der Waals surface area contributed by atoms with Crippen LogP contribution in [0.5, 0.6) is 0 Å². The van der Waals surface area contributed by atoms with Crippen molar-refractivity contribution in [1.82, 2.24) is 15.0 Å². The van der Waals surface area contributed by atoms with Gasteiger partial charge in [-0.25, -0.2) is 15.0 Å². The van der Waals surface area contributed by atoms with Gasteiger partial charge in [-0.1, -0.05) is 170 Å². The maximum Gasteiger partial charge on any atom is 0.164 e. The largest absolute Gasteiger partial charge is 0.208 e. The summed E-state index contributed by atoms with van der Waals surface area (Å²) in [6.45, 7) is 0. The number of rotatable bonds is 4. The van der Waals surface area contributed by atoms with Gasteiger partial charge in [0, 0.05) is 22.1 Å². The van der Waals surface area contributed by atoms with Gasteiger partial charge in [0.1, 0.15) is 0 Å². The van der Waals surface area contributed by atoms with Gasteiger partial charge in [0.25, 0.3) is 0 Å². The zero-order chi connectivity index (χ0) is 33.0. The van der Waals surface area contributed by atoms with E-state index < -0.39 is 0 Å². The fourth-order valence-electron chi connectivity index (χ4n) is 7.50. The van der Waals surface area contributed by atoms with Gasteiger partial charge in [0.05, 0.1) is 0 Å². The van der Waals surface area contributed by atoms with Crippen molar-refractivity contribution >= 4 is 53.9 Å². The molecule has 0 unspecified atom stereocenters. The molecule has 0 aliphatic heterocycles.